The summed E-state index contributed by atoms with van der Waals surface area (Å²) in [4.78, 5) is 31.4. The van der Waals surface area contributed by atoms with E-state index in [1.54, 1.807) is 24.1 Å². The van der Waals surface area contributed by atoms with E-state index in [1.165, 1.54) is 0 Å². The fourth-order valence-corrected chi connectivity index (χ4v) is 3.89. The molecule has 3 rings (SSSR count). The number of piperazine rings is 1. The first-order valence-electron chi connectivity index (χ1n) is 10.2. The summed E-state index contributed by atoms with van der Waals surface area (Å²) < 4.78 is 10.9. The van der Waals surface area contributed by atoms with E-state index in [1.807, 2.05) is 17.0 Å². The summed E-state index contributed by atoms with van der Waals surface area (Å²) in [5, 5.41) is 0. The molecule has 0 aromatic heterocycles. The van der Waals surface area contributed by atoms with Gasteiger partial charge in [-0.2, -0.15) is 0 Å². The number of piperidine rings is 1. The number of benzene rings is 1. The minimum Gasteiger partial charge on any atom is -0.493 e. The number of rotatable bonds is 6. The van der Waals surface area contributed by atoms with E-state index < -0.39 is 0 Å². The topological polar surface area (TPSA) is 62.3 Å². The lowest BCUT2D eigenvalue weighted by Crippen LogP contribution is -2.52. The van der Waals surface area contributed by atoms with E-state index in [-0.39, 0.29) is 24.3 Å². The first kappa shape index (κ1) is 20.5. The van der Waals surface area contributed by atoms with E-state index in [2.05, 4.69) is 11.8 Å². The second kappa shape index (κ2) is 9.78. The third kappa shape index (κ3) is 4.95. The molecule has 0 unspecified atom stereocenters. The molecule has 2 fully saturated rings. The number of ether oxygens (including phenoxy) is 2. The summed E-state index contributed by atoms with van der Waals surface area (Å²) in [6, 6.07) is 7.30. The number of amides is 2. The molecule has 1 aromatic carbocycles. The highest BCUT2D eigenvalue weighted by molar-refractivity contribution is 5.81. The van der Waals surface area contributed by atoms with Crippen molar-refractivity contribution in [3.63, 3.8) is 0 Å². The number of hydrogen-bond donors (Lipinski definition) is 0. The number of methoxy groups -OCH3 is 1. The average molecular weight is 389 g/mol. The largest absolute Gasteiger partial charge is 0.493 e. The van der Waals surface area contributed by atoms with E-state index >= 15 is 0 Å². The minimum absolute atomic E-state index is 0.0159. The Morgan fingerprint density at radius 2 is 1.61 bits per heavy atom. The van der Waals surface area contributed by atoms with Gasteiger partial charge in [0.15, 0.2) is 18.1 Å². The number of carbonyl (C=O) groups excluding carboxylic acids is 2. The molecule has 2 saturated heterocycles. The fourth-order valence-electron chi connectivity index (χ4n) is 3.89. The molecule has 0 aliphatic carbocycles. The van der Waals surface area contributed by atoms with Gasteiger partial charge in [0.2, 0.25) is 5.91 Å². The maximum atomic E-state index is 12.8. The van der Waals surface area contributed by atoms with Gasteiger partial charge in [0, 0.05) is 45.2 Å². The summed E-state index contributed by atoms with van der Waals surface area (Å²) in [5.74, 6) is 1.42. The van der Waals surface area contributed by atoms with Gasteiger partial charge >= 0.3 is 0 Å². The Morgan fingerprint density at radius 1 is 0.964 bits per heavy atom. The maximum Gasteiger partial charge on any atom is 0.260 e. The highest BCUT2D eigenvalue weighted by atomic mass is 16.5. The molecule has 2 aliphatic rings. The van der Waals surface area contributed by atoms with Crippen molar-refractivity contribution < 1.29 is 19.1 Å². The minimum atomic E-state index is -0.0478. The van der Waals surface area contributed by atoms with Gasteiger partial charge in [0.25, 0.3) is 5.91 Å². The number of nitrogens with zero attached hydrogens (tertiary/aromatic N) is 3. The Labute approximate surface area is 167 Å². The Hall–Kier alpha value is -2.28. The van der Waals surface area contributed by atoms with Crippen LogP contribution in [0, 0.1) is 5.92 Å². The lowest BCUT2D eigenvalue weighted by Gasteiger charge is -2.38. The normalized spacial score (nSPS) is 18.8. The zero-order chi connectivity index (χ0) is 19.9. The number of hydrogen-bond acceptors (Lipinski definition) is 5. The van der Waals surface area contributed by atoms with Gasteiger partial charge in [-0.25, -0.2) is 0 Å². The molecule has 2 amide bonds. The molecule has 0 radical (unpaired) electrons. The maximum absolute atomic E-state index is 12.8. The van der Waals surface area contributed by atoms with Gasteiger partial charge in [-0.1, -0.05) is 19.1 Å². The van der Waals surface area contributed by atoms with Gasteiger partial charge in [0.05, 0.1) is 7.11 Å². The molecular weight excluding hydrogens is 358 g/mol. The first-order chi connectivity index (χ1) is 13.6. The zero-order valence-corrected chi connectivity index (χ0v) is 16.9. The molecule has 2 aliphatic heterocycles. The van der Waals surface area contributed by atoms with Crippen LogP contribution >= 0.6 is 0 Å². The molecule has 0 N–H and O–H groups in total. The third-order valence-corrected chi connectivity index (χ3v) is 5.75. The summed E-state index contributed by atoms with van der Waals surface area (Å²) in [5.41, 5.74) is 0. The molecular formula is C21H31N3O4. The summed E-state index contributed by atoms with van der Waals surface area (Å²) in [7, 11) is 1.58. The standard InChI is InChI=1S/C21H31N3O4/c1-3-22-12-14-24(15-13-22)21(26)17-8-10-23(11-9-17)20(25)16-28-19-7-5-4-6-18(19)27-2/h4-7,17H,3,8-16H2,1-2H3. The zero-order valence-electron chi connectivity index (χ0n) is 16.9. The van der Waals surface area contributed by atoms with Crippen molar-refractivity contribution >= 4 is 11.8 Å². The molecule has 154 valence electrons. The van der Waals surface area contributed by atoms with Crippen LogP contribution in [-0.4, -0.2) is 86.0 Å². The molecule has 7 heteroatoms. The van der Waals surface area contributed by atoms with Crippen LogP contribution < -0.4 is 9.47 Å². The van der Waals surface area contributed by atoms with E-state index in [4.69, 9.17) is 9.47 Å². The molecule has 1 aromatic rings. The summed E-state index contributed by atoms with van der Waals surface area (Å²) in [6.45, 7) is 7.95. The van der Waals surface area contributed by atoms with Crippen LogP contribution in [0.2, 0.25) is 0 Å². The molecule has 0 atom stereocenters. The van der Waals surface area contributed by atoms with Crippen molar-refractivity contribution in [3.8, 4) is 11.5 Å². The first-order valence-corrected chi connectivity index (χ1v) is 10.2. The molecule has 2 heterocycles. The van der Waals surface area contributed by atoms with Gasteiger partial charge in [-0.3, -0.25) is 9.59 Å². The van der Waals surface area contributed by atoms with Crippen molar-refractivity contribution in [2.24, 2.45) is 5.92 Å². The van der Waals surface area contributed by atoms with E-state index in [0.29, 0.717) is 24.6 Å². The second-order valence-electron chi connectivity index (χ2n) is 7.35. The predicted molar refractivity (Wildman–Crippen MR) is 106 cm³/mol. The van der Waals surface area contributed by atoms with Crippen LogP contribution in [0.1, 0.15) is 19.8 Å². The van der Waals surface area contributed by atoms with Crippen LogP contribution in [0.5, 0.6) is 11.5 Å². The smallest absolute Gasteiger partial charge is 0.260 e. The molecule has 28 heavy (non-hydrogen) atoms. The highest BCUT2D eigenvalue weighted by Crippen LogP contribution is 2.26. The summed E-state index contributed by atoms with van der Waals surface area (Å²) >= 11 is 0. The Morgan fingerprint density at radius 3 is 2.21 bits per heavy atom. The highest BCUT2D eigenvalue weighted by Gasteiger charge is 2.31. The van der Waals surface area contributed by atoms with Gasteiger partial charge in [0.1, 0.15) is 0 Å². The van der Waals surface area contributed by atoms with E-state index in [9.17, 15) is 9.59 Å². The van der Waals surface area contributed by atoms with Crippen molar-refractivity contribution in [1.82, 2.24) is 14.7 Å². The Bertz CT molecular complexity index is 665. The molecule has 0 bridgehead atoms. The number of likely N-dealkylation sites (N-methyl/N-ethyl adjacent to an activating group) is 1. The third-order valence-electron chi connectivity index (χ3n) is 5.75. The van der Waals surface area contributed by atoms with Crippen molar-refractivity contribution in [2.75, 3.05) is 59.5 Å². The monoisotopic (exact) mass is 389 g/mol. The SMILES string of the molecule is CCN1CCN(C(=O)C2CCN(C(=O)COc3ccccc3OC)CC2)CC1. The van der Waals surface area contributed by atoms with Gasteiger partial charge < -0.3 is 24.2 Å². The van der Waals surface area contributed by atoms with Crippen molar-refractivity contribution in [3.05, 3.63) is 24.3 Å². The lowest BCUT2D eigenvalue weighted by atomic mass is 9.95. The van der Waals surface area contributed by atoms with Crippen LogP contribution in [-0.2, 0) is 9.59 Å². The predicted octanol–water partition coefficient (Wildman–Crippen LogP) is 1.48. The van der Waals surface area contributed by atoms with Crippen molar-refractivity contribution in [2.45, 2.75) is 19.8 Å². The Kier molecular flexibility index (Phi) is 7.14. The fraction of sp³-hybridized carbons (Fsp3) is 0.619. The van der Waals surface area contributed by atoms with Crippen molar-refractivity contribution in [1.29, 1.82) is 0 Å². The lowest BCUT2D eigenvalue weighted by molar-refractivity contribution is -0.142. The van der Waals surface area contributed by atoms with E-state index in [0.717, 1.165) is 45.6 Å². The number of carbonyl (C=O) groups is 2. The average Bonchev–Trinajstić information content (AvgIpc) is 2.77. The quantitative estimate of drug-likeness (QED) is 0.738. The van der Waals surface area contributed by atoms with Crippen LogP contribution in [0.4, 0.5) is 0 Å². The molecule has 0 spiro atoms. The van der Waals surface area contributed by atoms with Gasteiger partial charge in [-0.05, 0) is 31.5 Å². The number of para-hydroxylation sites is 2. The Balaban J connectivity index is 1.43. The van der Waals surface area contributed by atoms with Crippen LogP contribution in [0.3, 0.4) is 0 Å². The van der Waals surface area contributed by atoms with Gasteiger partial charge in [-0.15, -0.1) is 0 Å². The van der Waals surface area contributed by atoms with Crippen LogP contribution in [0.25, 0.3) is 0 Å². The molecule has 0 saturated carbocycles. The second-order valence-corrected chi connectivity index (χ2v) is 7.35. The molecule has 7 nitrogen and oxygen atoms in total. The van der Waals surface area contributed by atoms with Crippen LogP contribution in [0.15, 0.2) is 24.3 Å². The summed E-state index contributed by atoms with van der Waals surface area (Å²) in [6.07, 6.45) is 1.46. The number of likely N-dealkylation sites (tertiary alicyclic amines) is 1.